The molecule has 3 aliphatic rings. The maximum atomic E-state index is 12.7. The van der Waals surface area contributed by atoms with Gasteiger partial charge in [-0.25, -0.2) is 4.79 Å². The van der Waals surface area contributed by atoms with E-state index < -0.39 is 22.4 Å². The van der Waals surface area contributed by atoms with Crippen molar-refractivity contribution in [2.45, 2.75) is 5.60 Å². The van der Waals surface area contributed by atoms with Crippen molar-refractivity contribution in [1.29, 1.82) is 0 Å². The van der Waals surface area contributed by atoms with E-state index in [1.807, 2.05) is 0 Å². The molecule has 138 valence electrons. The van der Waals surface area contributed by atoms with E-state index in [1.165, 1.54) is 42.5 Å². The van der Waals surface area contributed by atoms with E-state index >= 15 is 0 Å². The van der Waals surface area contributed by atoms with Crippen LogP contribution in [0.4, 0.5) is 5.69 Å². The van der Waals surface area contributed by atoms with E-state index in [0.717, 1.165) is 0 Å². The minimum absolute atomic E-state index is 0.0566. The highest BCUT2D eigenvalue weighted by Gasteiger charge is 2.58. The molecule has 5 rings (SSSR count). The first kappa shape index (κ1) is 16.2. The molecule has 0 saturated carbocycles. The van der Waals surface area contributed by atoms with Gasteiger partial charge in [-0.05, 0) is 24.3 Å². The lowest BCUT2D eigenvalue weighted by Crippen LogP contribution is -2.42. The quantitative estimate of drug-likeness (QED) is 0.461. The first-order valence-corrected chi connectivity index (χ1v) is 8.37. The van der Waals surface area contributed by atoms with Gasteiger partial charge in [-0.1, -0.05) is 6.08 Å². The number of nitro groups is 1. The summed E-state index contributed by atoms with van der Waals surface area (Å²) in [5.74, 6) is -1.16. The third-order valence-corrected chi connectivity index (χ3v) is 5.16. The number of aromatic hydroxyl groups is 1. The first-order valence-electron chi connectivity index (χ1n) is 8.37. The zero-order chi connectivity index (χ0) is 19.6. The Balaban J connectivity index is 1.83. The molecule has 0 amide bonds. The predicted molar refractivity (Wildman–Crippen MR) is 93.7 cm³/mol. The fourth-order valence-corrected chi connectivity index (χ4v) is 4.02. The number of nitrogens with zero attached hydrogens (tertiary/aromatic N) is 1. The fourth-order valence-electron chi connectivity index (χ4n) is 4.02. The zero-order valence-electron chi connectivity index (χ0n) is 14.1. The van der Waals surface area contributed by atoms with Crippen molar-refractivity contribution in [2.24, 2.45) is 5.92 Å². The lowest BCUT2D eigenvalue weighted by atomic mass is 9.71. The maximum absolute atomic E-state index is 12.7. The molecule has 1 N–H and O–H groups in total. The summed E-state index contributed by atoms with van der Waals surface area (Å²) < 4.78 is 11.7. The number of phenols is 1. The van der Waals surface area contributed by atoms with Gasteiger partial charge in [-0.3, -0.25) is 14.9 Å². The summed E-state index contributed by atoms with van der Waals surface area (Å²) >= 11 is 0. The number of hydrogen-bond donors (Lipinski definition) is 1. The van der Waals surface area contributed by atoms with Gasteiger partial charge < -0.3 is 14.6 Å². The SMILES string of the molecule is O=C1C=C[C@@H]2C(=C1)Oc1cc(O)ccc1[C@]21OC(=O)c2cc([N+](=O)[O-])ccc21. The van der Waals surface area contributed by atoms with Gasteiger partial charge in [0.1, 0.15) is 17.3 Å². The Morgan fingerprint density at radius 1 is 1.11 bits per heavy atom. The van der Waals surface area contributed by atoms with Gasteiger partial charge in [0, 0.05) is 35.4 Å². The van der Waals surface area contributed by atoms with Crippen molar-refractivity contribution in [3.05, 3.63) is 87.2 Å². The molecule has 1 aliphatic carbocycles. The van der Waals surface area contributed by atoms with Crippen LogP contribution in [0, 0.1) is 16.0 Å². The van der Waals surface area contributed by atoms with E-state index in [1.54, 1.807) is 12.1 Å². The van der Waals surface area contributed by atoms with E-state index in [4.69, 9.17) is 9.47 Å². The zero-order valence-corrected chi connectivity index (χ0v) is 14.1. The van der Waals surface area contributed by atoms with E-state index in [9.17, 15) is 24.8 Å². The number of phenolic OH excluding ortho intramolecular Hbond substituents is 1. The van der Waals surface area contributed by atoms with Crippen LogP contribution in [-0.2, 0) is 15.1 Å². The lowest BCUT2D eigenvalue weighted by Gasteiger charge is -2.42. The molecule has 2 aromatic carbocycles. The molecule has 2 aromatic rings. The smallest absolute Gasteiger partial charge is 0.340 e. The molecule has 0 bridgehead atoms. The number of non-ortho nitro benzene ring substituents is 1. The molecule has 2 heterocycles. The average molecular weight is 377 g/mol. The number of benzene rings is 2. The minimum atomic E-state index is -1.36. The van der Waals surface area contributed by atoms with Crippen molar-refractivity contribution in [3.63, 3.8) is 0 Å². The molecule has 0 unspecified atom stereocenters. The lowest BCUT2D eigenvalue weighted by molar-refractivity contribution is -0.384. The van der Waals surface area contributed by atoms with Crippen LogP contribution in [0.15, 0.2) is 60.4 Å². The largest absolute Gasteiger partial charge is 0.508 e. The fraction of sp³-hybridized carbons (Fsp3) is 0.100. The van der Waals surface area contributed by atoms with Crippen LogP contribution in [-0.4, -0.2) is 21.8 Å². The molecule has 8 nitrogen and oxygen atoms in total. The Bertz CT molecular complexity index is 1160. The number of fused-ring (bicyclic) bond motifs is 6. The van der Waals surface area contributed by atoms with Crippen molar-refractivity contribution < 1.29 is 29.1 Å². The number of hydrogen-bond acceptors (Lipinski definition) is 7. The molecule has 0 radical (unpaired) electrons. The number of esters is 1. The number of allylic oxidation sites excluding steroid dienone is 2. The number of carbonyl (C=O) groups excluding carboxylic acids is 2. The van der Waals surface area contributed by atoms with Gasteiger partial charge in [-0.2, -0.15) is 0 Å². The van der Waals surface area contributed by atoms with Crippen LogP contribution < -0.4 is 4.74 Å². The Labute approximate surface area is 157 Å². The van der Waals surface area contributed by atoms with Gasteiger partial charge in [-0.15, -0.1) is 0 Å². The Kier molecular flexibility index (Phi) is 3.07. The average Bonchev–Trinajstić information content (AvgIpc) is 2.94. The standard InChI is InChI=1S/C20H11NO7/c22-11-2-5-15-17(8-11)27-18-9-12(23)3-6-16(18)20(15)14-4-1-10(21(25)26)7-13(14)19(24)28-20/h1-9,15,23H/t15-,20-/m1/s1. The first-order chi connectivity index (χ1) is 13.4. The third-order valence-electron chi connectivity index (χ3n) is 5.16. The number of nitro benzene ring substituents is 1. The topological polar surface area (TPSA) is 116 Å². The van der Waals surface area contributed by atoms with Gasteiger partial charge in [0.2, 0.25) is 0 Å². The van der Waals surface area contributed by atoms with E-state index in [2.05, 4.69) is 0 Å². The van der Waals surface area contributed by atoms with Crippen LogP contribution >= 0.6 is 0 Å². The van der Waals surface area contributed by atoms with Gasteiger partial charge in [0.15, 0.2) is 11.4 Å². The summed E-state index contributed by atoms with van der Waals surface area (Å²) in [5.41, 5.74) is -0.581. The molecule has 0 saturated heterocycles. The molecule has 0 aromatic heterocycles. The highest BCUT2D eigenvalue weighted by molar-refractivity contribution is 6.01. The second-order valence-corrected chi connectivity index (χ2v) is 6.68. The van der Waals surface area contributed by atoms with Crippen LogP contribution in [0.25, 0.3) is 0 Å². The summed E-state index contributed by atoms with van der Waals surface area (Å²) in [5, 5.41) is 21.0. The Morgan fingerprint density at radius 2 is 1.89 bits per heavy atom. The van der Waals surface area contributed by atoms with Crippen molar-refractivity contribution >= 4 is 17.4 Å². The molecule has 2 atom stereocenters. The summed E-state index contributed by atoms with van der Waals surface area (Å²) in [4.78, 5) is 35.1. The molecule has 2 aliphatic heterocycles. The number of ether oxygens (including phenoxy) is 2. The normalized spacial score (nSPS) is 24.0. The minimum Gasteiger partial charge on any atom is -0.508 e. The van der Waals surface area contributed by atoms with Crippen molar-refractivity contribution in [3.8, 4) is 11.5 Å². The molecule has 8 heteroatoms. The highest BCUT2D eigenvalue weighted by atomic mass is 16.6. The van der Waals surface area contributed by atoms with Crippen LogP contribution in [0.2, 0.25) is 0 Å². The Hall–Kier alpha value is -3.94. The molecule has 28 heavy (non-hydrogen) atoms. The van der Waals surface area contributed by atoms with Gasteiger partial charge in [0.25, 0.3) is 5.69 Å². The predicted octanol–water partition coefficient (Wildman–Crippen LogP) is 2.75. The maximum Gasteiger partial charge on any atom is 0.340 e. The number of carbonyl (C=O) groups is 2. The monoisotopic (exact) mass is 377 g/mol. The Morgan fingerprint density at radius 3 is 2.68 bits per heavy atom. The molecule has 1 spiro atoms. The summed E-state index contributed by atoms with van der Waals surface area (Å²) in [7, 11) is 0. The van der Waals surface area contributed by atoms with Crippen LogP contribution in [0.3, 0.4) is 0 Å². The summed E-state index contributed by atoms with van der Waals surface area (Å²) in [6.07, 6.45) is 4.26. The van der Waals surface area contributed by atoms with Crippen molar-refractivity contribution in [1.82, 2.24) is 0 Å². The van der Waals surface area contributed by atoms with Crippen LogP contribution in [0.1, 0.15) is 21.5 Å². The number of rotatable bonds is 1. The molecular weight excluding hydrogens is 366 g/mol. The molecular formula is C20H11NO7. The molecule has 0 fully saturated rings. The van der Waals surface area contributed by atoms with Gasteiger partial charge >= 0.3 is 5.97 Å². The second-order valence-electron chi connectivity index (χ2n) is 6.68. The van der Waals surface area contributed by atoms with Crippen molar-refractivity contribution in [2.75, 3.05) is 0 Å². The second kappa shape index (κ2) is 5.29. The van der Waals surface area contributed by atoms with E-state index in [0.29, 0.717) is 11.1 Å². The summed E-state index contributed by atoms with van der Waals surface area (Å²) in [6, 6.07) is 8.36. The summed E-state index contributed by atoms with van der Waals surface area (Å²) in [6.45, 7) is 0. The third kappa shape index (κ3) is 1.99. The highest BCUT2D eigenvalue weighted by Crippen LogP contribution is 2.57. The van der Waals surface area contributed by atoms with Gasteiger partial charge in [0.05, 0.1) is 16.4 Å². The number of ketones is 1. The van der Waals surface area contributed by atoms with E-state index in [-0.39, 0.29) is 34.3 Å². The van der Waals surface area contributed by atoms with Crippen LogP contribution in [0.5, 0.6) is 11.5 Å².